The first-order valence-corrected chi connectivity index (χ1v) is 8.40. The van der Waals surface area contributed by atoms with Gasteiger partial charge in [-0.2, -0.15) is 0 Å². The first-order valence-electron chi connectivity index (χ1n) is 8.02. The number of nitrogens with zero attached hydrogens (tertiary/aromatic N) is 1. The van der Waals surface area contributed by atoms with Crippen molar-refractivity contribution in [3.8, 4) is 22.6 Å². The Morgan fingerprint density at radius 3 is 2.56 bits per heavy atom. The van der Waals surface area contributed by atoms with E-state index in [2.05, 4.69) is 10.3 Å². The molecule has 0 radical (unpaired) electrons. The SMILES string of the molecule is CNC1(C(=O)O)CCCO1.O=Cc1ncc(-c2cc(Cl)ccc2O)cc1O. The van der Waals surface area contributed by atoms with Gasteiger partial charge in [-0.1, -0.05) is 11.6 Å². The quantitative estimate of drug-likeness (QED) is 0.582. The molecule has 1 unspecified atom stereocenters. The summed E-state index contributed by atoms with van der Waals surface area (Å²) in [5.41, 5.74) is -0.221. The lowest BCUT2D eigenvalue weighted by Crippen LogP contribution is -2.49. The van der Waals surface area contributed by atoms with Gasteiger partial charge in [-0.25, -0.2) is 9.78 Å². The molecule has 2 heterocycles. The molecule has 1 fully saturated rings. The van der Waals surface area contributed by atoms with Gasteiger partial charge >= 0.3 is 5.97 Å². The zero-order valence-corrected chi connectivity index (χ0v) is 15.2. The number of aromatic hydroxyl groups is 2. The largest absolute Gasteiger partial charge is 0.507 e. The van der Waals surface area contributed by atoms with Crippen LogP contribution in [0.5, 0.6) is 11.5 Å². The van der Waals surface area contributed by atoms with E-state index in [1.807, 2.05) is 0 Å². The molecule has 27 heavy (non-hydrogen) atoms. The van der Waals surface area contributed by atoms with E-state index in [0.29, 0.717) is 35.5 Å². The lowest BCUT2D eigenvalue weighted by atomic mass is 10.1. The van der Waals surface area contributed by atoms with Crippen LogP contribution in [0.4, 0.5) is 0 Å². The molecule has 3 rings (SSSR count). The predicted molar refractivity (Wildman–Crippen MR) is 98.0 cm³/mol. The fourth-order valence-electron chi connectivity index (χ4n) is 2.55. The van der Waals surface area contributed by atoms with Gasteiger partial charge in [0.25, 0.3) is 0 Å². The number of aliphatic carboxylic acids is 1. The smallest absolute Gasteiger partial charge is 0.351 e. The van der Waals surface area contributed by atoms with Crippen LogP contribution in [0.2, 0.25) is 5.02 Å². The van der Waals surface area contributed by atoms with Gasteiger partial charge in [0.15, 0.2) is 6.29 Å². The molecular weight excluding hydrogens is 376 g/mol. The summed E-state index contributed by atoms with van der Waals surface area (Å²) in [5, 5.41) is 31.0. The molecule has 0 amide bonds. The molecule has 4 N–H and O–H groups in total. The number of pyridine rings is 1. The first kappa shape index (κ1) is 20.6. The number of hydrogen-bond acceptors (Lipinski definition) is 7. The minimum atomic E-state index is -1.10. The van der Waals surface area contributed by atoms with Crippen LogP contribution >= 0.6 is 11.6 Å². The van der Waals surface area contributed by atoms with Crippen molar-refractivity contribution in [2.45, 2.75) is 18.6 Å². The molecule has 144 valence electrons. The number of benzene rings is 1. The third kappa shape index (κ3) is 4.73. The number of rotatable bonds is 4. The van der Waals surface area contributed by atoms with Gasteiger partial charge in [0.1, 0.15) is 17.2 Å². The van der Waals surface area contributed by atoms with E-state index in [1.54, 1.807) is 19.2 Å². The van der Waals surface area contributed by atoms with Crippen molar-refractivity contribution < 1.29 is 29.6 Å². The van der Waals surface area contributed by atoms with Gasteiger partial charge in [0, 0.05) is 35.4 Å². The highest BCUT2D eigenvalue weighted by molar-refractivity contribution is 6.31. The molecule has 1 aromatic heterocycles. The Bertz CT molecular complexity index is 837. The third-order valence-corrected chi connectivity index (χ3v) is 4.28. The number of halogens is 1. The average molecular weight is 395 g/mol. The minimum absolute atomic E-state index is 0.0226. The number of aldehydes is 1. The Hall–Kier alpha value is -2.68. The van der Waals surface area contributed by atoms with Crippen LogP contribution in [0.25, 0.3) is 11.1 Å². The number of nitrogens with one attached hydrogen (secondary N) is 1. The van der Waals surface area contributed by atoms with E-state index in [1.165, 1.54) is 18.3 Å². The lowest BCUT2D eigenvalue weighted by molar-refractivity contribution is -0.163. The highest BCUT2D eigenvalue weighted by Gasteiger charge is 2.41. The molecule has 1 aliphatic heterocycles. The zero-order chi connectivity index (χ0) is 20.0. The molecule has 0 aliphatic carbocycles. The number of carbonyl (C=O) groups is 2. The number of hydrogen-bond donors (Lipinski definition) is 4. The second-order valence-electron chi connectivity index (χ2n) is 5.74. The number of carbonyl (C=O) groups excluding carboxylic acids is 1. The number of phenolic OH excluding ortho intramolecular Hbond substituents is 1. The molecule has 1 atom stereocenters. The van der Waals surface area contributed by atoms with Crippen molar-refractivity contribution in [2.75, 3.05) is 13.7 Å². The van der Waals surface area contributed by atoms with Crippen LogP contribution in [0.3, 0.4) is 0 Å². The maximum absolute atomic E-state index is 10.6. The number of phenols is 1. The summed E-state index contributed by atoms with van der Waals surface area (Å²) in [6.07, 6.45) is 3.21. The van der Waals surface area contributed by atoms with Gasteiger partial charge in [-0.05, 0) is 37.7 Å². The molecule has 0 bridgehead atoms. The predicted octanol–water partition coefficient (Wildman–Crippen LogP) is 2.42. The summed E-state index contributed by atoms with van der Waals surface area (Å²) < 4.78 is 5.04. The zero-order valence-electron chi connectivity index (χ0n) is 14.5. The number of carboxylic acids is 1. The molecular formula is C18H19ClN2O6. The van der Waals surface area contributed by atoms with Crippen LogP contribution in [0.1, 0.15) is 23.3 Å². The fourth-order valence-corrected chi connectivity index (χ4v) is 2.73. The van der Waals surface area contributed by atoms with Crippen LogP contribution in [0.15, 0.2) is 30.5 Å². The molecule has 1 aliphatic rings. The van der Waals surface area contributed by atoms with Gasteiger partial charge in [-0.15, -0.1) is 0 Å². The highest BCUT2D eigenvalue weighted by Crippen LogP contribution is 2.33. The van der Waals surface area contributed by atoms with Crippen molar-refractivity contribution in [1.29, 1.82) is 0 Å². The maximum Gasteiger partial charge on any atom is 0.351 e. The molecule has 8 nitrogen and oxygen atoms in total. The van der Waals surface area contributed by atoms with Crippen molar-refractivity contribution in [3.63, 3.8) is 0 Å². The average Bonchev–Trinajstić information content (AvgIpc) is 3.15. The molecule has 9 heteroatoms. The topological polar surface area (TPSA) is 129 Å². The summed E-state index contributed by atoms with van der Waals surface area (Å²) in [5.74, 6) is -1.14. The van der Waals surface area contributed by atoms with Gasteiger partial charge in [0.2, 0.25) is 5.72 Å². The summed E-state index contributed by atoms with van der Waals surface area (Å²) in [4.78, 5) is 24.8. The number of ether oxygens (including phenoxy) is 1. The molecule has 1 aromatic carbocycles. The Kier molecular flexibility index (Phi) is 6.73. The van der Waals surface area contributed by atoms with Crippen molar-refractivity contribution >= 4 is 23.9 Å². The Labute approximate surface area is 160 Å². The highest BCUT2D eigenvalue weighted by atomic mass is 35.5. The second-order valence-corrected chi connectivity index (χ2v) is 6.18. The molecule has 1 saturated heterocycles. The van der Waals surface area contributed by atoms with Gasteiger partial charge in [-0.3, -0.25) is 10.1 Å². The minimum Gasteiger partial charge on any atom is -0.507 e. The summed E-state index contributed by atoms with van der Waals surface area (Å²) in [6.45, 7) is 0.535. The van der Waals surface area contributed by atoms with Crippen LogP contribution in [-0.2, 0) is 9.53 Å². The summed E-state index contributed by atoms with van der Waals surface area (Å²) in [6, 6.07) is 5.89. The molecule has 2 aromatic rings. The van der Waals surface area contributed by atoms with Gasteiger partial charge in [0.05, 0.1) is 0 Å². The standard InChI is InChI=1S/C12H8ClNO3.C6H11NO3/c13-8-1-2-11(16)9(4-8)7-3-12(17)10(6-15)14-5-7;1-7-6(5(8)9)3-2-4-10-6/h1-6,16-17H;7H,2-4H2,1H3,(H,8,9). The van der Waals surface area contributed by atoms with E-state index < -0.39 is 11.7 Å². The Morgan fingerprint density at radius 2 is 2.07 bits per heavy atom. The van der Waals surface area contributed by atoms with Crippen LogP contribution < -0.4 is 5.32 Å². The van der Waals surface area contributed by atoms with E-state index in [0.717, 1.165) is 6.42 Å². The number of likely N-dealkylation sites (N-methyl/N-ethyl adjacent to an activating group) is 1. The first-order chi connectivity index (χ1) is 12.8. The van der Waals surface area contributed by atoms with E-state index in [-0.39, 0.29) is 17.2 Å². The Balaban J connectivity index is 0.000000223. The maximum atomic E-state index is 10.6. The van der Waals surface area contributed by atoms with Crippen LogP contribution in [-0.4, -0.2) is 51.9 Å². The van der Waals surface area contributed by atoms with Crippen molar-refractivity contribution in [2.24, 2.45) is 0 Å². The normalized spacial score (nSPS) is 18.4. The van der Waals surface area contributed by atoms with Crippen LogP contribution in [0, 0.1) is 0 Å². The summed E-state index contributed by atoms with van der Waals surface area (Å²) >= 11 is 5.81. The molecule has 0 spiro atoms. The summed E-state index contributed by atoms with van der Waals surface area (Å²) in [7, 11) is 1.60. The fraction of sp³-hybridized carbons (Fsp3) is 0.278. The second kappa shape index (κ2) is 8.81. The van der Waals surface area contributed by atoms with E-state index in [4.69, 9.17) is 21.4 Å². The lowest BCUT2D eigenvalue weighted by Gasteiger charge is -2.21. The van der Waals surface area contributed by atoms with Crippen molar-refractivity contribution in [3.05, 3.63) is 41.2 Å². The number of carboxylic acid groups (broad SMARTS) is 1. The van der Waals surface area contributed by atoms with Gasteiger partial charge < -0.3 is 20.1 Å². The number of aromatic nitrogens is 1. The van der Waals surface area contributed by atoms with E-state index in [9.17, 15) is 19.8 Å². The Morgan fingerprint density at radius 1 is 1.33 bits per heavy atom. The van der Waals surface area contributed by atoms with Crippen molar-refractivity contribution in [1.82, 2.24) is 10.3 Å². The molecule has 0 saturated carbocycles. The third-order valence-electron chi connectivity index (χ3n) is 4.05. The monoisotopic (exact) mass is 394 g/mol. The van der Waals surface area contributed by atoms with E-state index >= 15 is 0 Å².